The van der Waals surface area contributed by atoms with Crippen molar-refractivity contribution < 1.29 is 8.42 Å². The van der Waals surface area contributed by atoms with Crippen LogP contribution in [0.5, 0.6) is 0 Å². The predicted molar refractivity (Wildman–Crippen MR) is 82.6 cm³/mol. The summed E-state index contributed by atoms with van der Waals surface area (Å²) in [6.45, 7) is 4.08. The SMILES string of the molecule is Cc1ccc(S(=O)(=O)NCCNCCN)cc1.[NaH].[NaH]. The summed E-state index contributed by atoms with van der Waals surface area (Å²) < 4.78 is 26.1. The minimum atomic E-state index is -3.39. The summed E-state index contributed by atoms with van der Waals surface area (Å²) in [4.78, 5) is 0.293. The summed E-state index contributed by atoms with van der Waals surface area (Å²) in [7, 11) is -3.39. The van der Waals surface area contributed by atoms with E-state index >= 15 is 0 Å². The molecular formula is C11H21N3Na2O2S. The second kappa shape index (κ2) is 11.7. The van der Waals surface area contributed by atoms with E-state index in [9.17, 15) is 8.42 Å². The molecule has 0 saturated heterocycles. The molecule has 4 N–H and O–H groups in total. The van der Waals surface area contributed by atoms with Crippen molar-refractivity contribution in [2.24, 2.45) is 5.73 Å². The molecule has 0 aliphatic carbocycles. The fraction of sp³-hybridized carbons (Fsp3) is 0.455. The van der Waals surface area contributed by atoms with Crippen molar-refractivity contribution in [2.45, 2.75) is 11.8 Å². The molecule has 1 aromatic rings. The Hall–Kier alpha value is 1.05. The van der Waals surface area contributed by atoms with Gasteiger partial charge in [0.15, 0.2) is 0 Å². The number of aryl methyl sites for hydroxylation is 1. The molecule has 0 unspecified atom stereocenters. The molecule has 0 bridgehead atoms. The number of benzene rings is 1. The average molecular weight is 305 g/mol. The van der Waals surface area contributed by atoms with E-state index in [1.807, 2.05) is 6.92 Å². The molecule has 100 valence electrons. The van der Waals surface area contributed by atoms with Crippen LogP contribution >= 0.6 is 0 Å². The van der Waals surface area contributed by atoms with E-state index in [0.29, 0.717) is 31.1 Å². The number of sulfonamides is 1. The Labute approximate surface area is 159 Å². The van der Waals surface area contributed by atoms with Crippen molar-refractivity contribution in [1.82, 2.24) is 10.0 Å². The monoisotopic (exact) mass is 305 g/mol. The van der Waals surface area contributed by atoms with Gasteiger partial charge >= 0.3 is 59.1 Å². The van der Waals surface area contributed by atoms with Gasteiger partial charge in [-0.3, -0.25) is 0 Å². The molecule has 0 spiro atoms. The maximum atomic E-state index is 11.8. The first kappa shape index (κ1) is 22.3. The molecule has 0 atom stereocenters. The molecule has 0 saturated carbocycles. The van der Waals surface area contributed by atoms with Crippen LogP contribution in [0.3, 0.4) is 0 Å². The van der Waals surface area contributed by atoms with Crippen molar-refractivity contribution in [2.75, 3.05) is 26.2 Å². The van der Waals surface area contributed by atoms with E-state index in [1.54, 1.807) is 24.3 Å². The normalized spacial score (nSPS) is 10.4. The summed E-state index contributed by atoms with van der Waals surface area (Å²) >= 11 is 0. The predicted octanol–water partition coefficient (Wildman–Crippen LogP) is -1.48. The Balaban J connectivity index is 0. The summed E-state index contributed by atoms with van der Waals surface area (Å²) in [6.07, 6.45) is 0. The molecule has 8 heteroatoms. The molecular weight excluding hydrogens is 284 g/mol. The van der Waals surface area contributed by atoms with Gasteiger partial charge in [-0.2, -0.15) is 0 Å². The van der Waals surface area contributed by atoms with Crippen molar-refractivity contribution in [3.8, 4) is 0 Å². The molecule has 0 aromatic heterocycles. The van der Waals surface area contributed by atoms with Gasteiger partial charge in [-0.1, -0.05) is 17.7 Å². The van der Waals surface area contributed by atoms with Crippen molar-refractivity contribution in [1.29, 1.82) is 0 Å². The number of hydrogen-bond donors (Lipinski definition) is 3. The number of nitrogens with two attached hydrogens (primary N) is 1. The van der Waals surface area contributed by atoms with Crippen molar-refractivity contribution >= 4 is 69.1 Å². The van der Waals surface area contributed by atoms with Crippen LogP contribution in [0.1, 0.15) is 5.56 Å². The Morgan fingerprint density at radius 2 is 1.63 bits per heavy atom. The number of nitrogens with one attached hydrogen (secondary N) is 2. The van der Waals surface area contributed by atoms with Crippen LogP contribution in [-0.4, -0.2) is 93.7 Å². The van der Waals surface area contributed by atoms with Gasteiger partial charge in [0, 0.05) is 26.2 Å². The van der Waals surface area contributed by atoms with E-state index in [0.717, 1.165) is 5.56 Å². The van der Waals surface area contributed by atoms with Gasteiger partial charge in [0.05, 0.1) is 4.90 Å². The van der Waals surface area contributed by atoms with Crippen LogP contribution in [-0.2, 0) is 10.0 Å². The van der Waals surface area contributed by atoms with Crippen LogP contribution in [0.25, 0.3) is 0 Å². The van der Waals surface area contributed by atoms with Crippen LogP contribution < -0.4 is 15.8 Å². The fourth-order valence-electron chi connectivity index (χ4n) is 1.30. The van der Waals surface area contributed by atoms with Crippen LogP contribution in [0.15, 0.2) is 29.2 Å². The average Bonchev–Trinajstić information content (AvgIpc) is 2.29. The molecule has 0 heterocycles. The zero-order valence-electron chi connectivity index (χ0n) is 9.94. The Morgan fingerprint density at radius 1 is 1.05 bits per heavy atom. The van der Waals surface area contributed by atoms with Crippen LogP contribution in [0, 0.1) is 6.92 Å². The van der Waals surface area contributed by atoms with E-state index in [1.165, 1.54) is 0 Å². The summed E-state index contributed by atoms with van der Waals surface area (Å²) in [5, 5.41) is 3.02. The first-order chi connectivity index (χ1) is 8.06. The van der Waals surface area contributed by atoms with Crippen molar-refractivity contribution in [3.63, 3.8) is 0 Å². The zero-order chi connectivity index (χ0) is 12.7. The molecule has 5 nitrogen and oxygen atoms in total. The van der Waals surface area contributed by atoms with Crippen LogP contribution in [0.2, 0.25) is 0 Å². The third-order valence-corrected chi connectivity index (χ3v) is 3.72. The number of hydrogen-bond acceptors (Lipinski definition) is 4. The van der Waals surface area contributed by atoms with Gasteiger partial charge in [0.25, 0.3) is 0 Å². The molecule has 0 aliphatic heterocycles. The van der Waals surface area contributed by atoms with Crippen molar-refractivity contribution in [3.05, 3.63) is 29.8 Å². The minimum absolute atomic E-state index is 0. The zero-order valence-corrected chi connectivity index (χ0v) is 10.8. The quantitative estimate of drug-likeness (QED) is 0.424. The molecule has 0 fully saturated rings. The van der Waals surface area contributed by atoms with Gasteiger partial charge in [-0.15, -0.1) is 0 Å². The third-order valence-electron chi connectivity index (χ3n) is 2.25. The summed E-state index contributed by atoms with van der Waals surface area (Å²) in [6, 6.07) is 6.76. The molecule has 0 radical (unpaired) electrons. The number of rotatable bonds is 7. The molecule has 19 heavy (non-hydrogen) atoms. The van der Waals surface area contributed by atoms with Crippen LogP contribution in [0.4, 0.5) is 0 Å². The van der Waals surface area contributed by atoms with E-state index in [4.69, 9.17) is 5.73 Å². The third kappa shape index (κ3) is 8.83. The molecule has 0 amide bonds. The van der Waals surface area contributed by atoms with Gasteiger partial charge < -0.3 is 11.1 Å². The fourth-order valence-corrected chi connectivity index (χ4v) is 2.33. The standard InChI is InChI=1S/C11H19N3O2S.2Na.2H/c1-10-2-4-11(5-3-10)17(15,16)14-9-8-13-7-6-12;;;;/h2-5,13-14H,6-9,12H2,1H3;;;;. The van der Waals surface area contributed by atoms with Gasteiger partial charge in [-0.05, 0) is 19.1 Å². The summed E-state index contributed by atoms with van der Waals surface area (Å²) in [5.74, 6) is 0. The maximum absolute atomic E-state index is 11.8. The first-order valence-electron chi connectivity index (χ1n) is 5.53. The van der Waals surface area contributed by atoms with E-state index in [-0.39, 0.29) is 59.1 Å². The van der Waals surface area contributed by atoms with Gasteiger partial charge in [0.1, 0.15) is 0 Å². The van der Waals surface area contributed by atoms with E-state index in [2.05, 4.69) is 10.0 Å². The summed E-state index contributed by atoms with van der Waals surface area (Å²) in [5.41, 5.74) is 6.34. The van der Waals surface area contributed by atoms with Gasteiger partial charge in [-0.25, -0.2) is 13.1 Å². The molecule has 0 aliphatic rings. The second-order valence-electron chi connectivity index (χ2n) is 3.75. The molecule has 1 rings (SSSR count). The molecule has 1 aromatic carbocycles. The Bertz CT molecular complexity index is 438. The van der Waals surface area contributed by atoms with E-state index < -0.39 is 10.0 Å². The Morgan fingerprint density at radius 3 is 2.16 bits per heavy atom. The second-order valence-corrected chi connectivity index (χ2v) is 5.52. The Kier molecular flexibility index (Phi) is 13.7. The topological polar surface area (TPSA) is 84.2 Å². The first-order valence-corrected chi connectivity index (χ1v) is 7.02. The van der Waals surface area contributed by atoms with Gasteiger partial charge in [0.2, 0.25) is 10.0 Å².